The first kappa shape index (κ1) is 13.5. The van der Waals surface area contributed by atoms with Gasteiger partial charge in [0.25, 0.3) is 0 Å². The summed E-state index contributed by atoms with van der Waals surface area (Å²) in [5, 5.41) is 22.7. The number of aromatic carboxylic acids is 1. The second-order valence-electron chi connectivity index (χ2n) is 3.49. The number of aromatic hydroxyl groups is 1. The van der Waals surface area contributed by atoms with Gasteiger partial charge in [0.05, 0.1) is 17.8 Å². The van der Waals surface area contributed by atoms with E-state index < -0.39 is 11.9 Å². The zero-order valence-electron chi connectivity index (χ0n) is 9.56. The van der Waals surface area contributed by atoms with Gasteiger partial charge in [-0.1, -0.05) is 0 Å². The number of carbonyl (C=O) groups excluding carboxylic acids is 2. The van der Waals surface area contributed by atoms with Crippen LogP contribution in [0.1, 0.15) is 17.3 Å². The molecule has 0 aromatic heterocycles. The van der Waals surface area contributed by atoms with Crippen LogP contribution in [0.15, 0.2) is 18.2 Å². The Hall–Kier alpha value is -2.57. The number of carboxylic acids is 1. The average molecular weight is 252 g/mol. The number of phenols is 1. The zero-order chi connectivity index (χ0) is 13.7. The summed E-state index contributed by atoms with van der Waals surface area (Å²) >= 11 is 0. The molecule has 7 nitrogen and oxygen atoms in total. The first-order chi connectivity index (χ1) is 8.40. The summed E-state index contributed by atoms with van der Waals surface area (Å²) in [7, 11) is 0. The normalized spacial score (nSPS) is 9.61. The van der Waals surface area contributed by atoms with E-state index in [9.17, 15) is 14.4 Å². The van der Waals surface area contributed by atoms with E-state index in [4.69, 9.17) is 10.2 Å². The van der Waals surface area contributed by atoms with Crippen molar-refractivity contribution in [2.24, 2.45) is 0 Å². The van der Waals surface area contributed by atoms with E-state index in [-0.39, 0.29) is 29.5 Å². The number of carbonyl (C=O) groups is 3. The lowest BCUT2D eigenvalue weighted by molar-refractivity contribution is -0.122. The number of phenolic OH excluding ortho intramolecular Hbond substituents is 1. The maximum Gasteiger partial charge on any atom is 0.337 e. The summed E-state index contributed by atoms with van der Waals surface area (Å²) in [4.78, 5) is 32.9. The molecule has 0 aliphatic carbocycles. The molecule has 0 spiro atoms. The Morgan fingerprint density at radius 1 is 1.28 bits per heavy atom. The molecule has 1 aromatic carbocycles. The van der Waals surface area contributed by atoms with Crippen molar-refractivity contribution in [3.8, 4) is 5.75 Å². The molecule has 0 saturated carbocycles. The molecule has 18 heavy (non-hydrogen) atoms. The number of carboxylic acid groups (broad SMARTS) is 1. The van der Waals surface area contributed by atoms with Crippen LogP contribution in [-0.4, -0.2) is 34.5 Å². The van der Waals surface area contributed by atoms with E-state index >= 15 is 0 Å². The predicted molar refractivity (Wildman–Crippen MR) is 62.4 cm³/mol. The highest BCUT2D eigenvalue weighted by Crippen LogP contribution is 2.21. The highest BCUT2D eigenvalue weighted by molar-refractivity contribution is 6.01. The van der Waals surface area contributed by atoms with Gasteiger partial charge in [0, 0.05) is 6.92 Å². The highest BCUT2D eigenvalue weighted by Gasteiger charge is 2.13. The Bertz CT molecular complexity index is 498. The lowest BCUT2D eigenvalue weighted by Gasteiger charge is -2.09. The number of rotatable bonds is 4. The quantitative estimate of drug-likeness (QED) is 0.570. The second-order valence-corrected chi connectivity index (χ2v) is 3.49. The lowest BCUT2D eigenvalue weighted by Crippen LogP contribution is -2.31. The molecule has 1 aromatic rings. The fourth-order valence-electron chi connectivity index (χ4n) is 1.22. The standard InChI is InChI=1S/C11H12N2O5/c1-6(14)12-5-10(16)13-9-3-2-7(15)4-8(9)11(17)18/h2-4,15H,5H2,1H3,(H,12,14)(H,13,16)(H,17,18). The number of hydrogen-bond donors (Lipinski definition) is 4. The summed E-state index contributed by atoms with van der Waals surface area (Å²) in [6.45, 7) is 1.01. The van der Waals surface area contributed by atoms with Crippen molar-refractivity contribution in [1.82, 2.24) is 5.32 Å². The predicted octanol–water partition coefficient (Wildman–Crippen LogP) is 0.165. The summed E-state index contributed by atoms with van der Waals surface area (Å²) < 4.78 is 0. The van der Waals surface area contributed by atoms with Gasteiger partial charge in [-0.2, -0.15) is 0 Å². The fourth-order valence-corrected chi connectivity index (χ4v) is 1.22. The maximum absolute atomic E-state index is 11.4. The summed E-state index contributed by atoms with van der Waals surface area (Å²) in [5.41, 5.74) is -0.179. The van der Waals surface area contributed by atoms with E-state index in [1.165, 1.54) is 19.1 Å². The van der Waals surface area contributed by atoms with E-state index in [1.807, 2.05) is 0 Å². The number of nitrogens with one attached hydrogen (secondary N) is 2. The third-order valence-corrected chi connectivity index (χ3v) is 2.01. The van der Waals surface area contributed by atoms with Crippen LogP contribution in [0, 0.1) is 0 Å². The van der Waals surface area contributed by atoms with Crippen LogP contribution in [0.3, 0.4) is 0 Å². The molecule has 7 heteroatoms. The molecule has 1 rings (SSSR count). The third-order valence-electron chi connectivity index (χ3n) is 2.01. The molecule has 0 bridgehead atoms. The molecule has 0 aliphatic rings. The lowest BCUT2D eigenvalue weighted by atomic mass is 10.1. The molecule has 0 atom stereocenters. The van der Waals surface area contributed by atoms with Crippen LogP contribution in [0.2, 0.25) is 0 Å². The monoisotopic (exact) mass is 252 g/mol. The summed E-state index contributed by atoms with van der Waals surface area (Å²) in [6, 6.07) is 3.54. The van der Waals surface area contributed by atoms with Crippen molar-refractivity contribution >= 4 is 23.5 Å². The van der Waals surface area contributed by atoms with Crippen LogP contribution < -0.4 is 10.6 Å². The smallest absolute Gasteiger partial charge is 0.337 e. The maximum atomic E-state index is 11.4. The van der Waals surface area contributed by atoms with Gasteiger partial charge in [0.15, 0.2) is 0 Å². The first-order valence-corrected chi connectivity index (χ1v) is 5.00. The minimum atomic E-state index is -1.28. The number of benzene rings is 1. The van der Waals surface area contributed by atoms with Gasteiger partial charge in [-0.25, -0.2) is 4.79 Å². The molecular formula is C11H12N2O5. The Labute approximate surface area is 102 Å². The van der Waals surface area contributed by atoms with Gasteiger partial charge in [0.1, 0.15) is 5.75 Å². The minimum absolute atomic E-state index is 0.0515. The van der Waals surface area contributed by atoms with Gasteiger partial charge in [0.2, 0.25) is 11.8 Å². The Morgan fingerprint density at radius 2 is 1.94 bits per heavy atom. The third kappa shape index (κ3) is 3.78. The van der Waals surface area contributed by atoms with Crippen molar-refractivity contribution in [1.29, 1.82) is 0 Å². The molecule has 0 unspecified atom stereocenters. The Kier molecular flexibility index (Phi) is 4.25. The van der Waals surface area contributed by atoms with E-state index in [0.29, 0.717) is 0 Å². The van der Waals surface area contributed by atoms with Crippen molar-refractivity contribution in [2.45, 2.75) is 6.92 Å². The van der Waals surface area contributed by atoms with Crippen LogP contribution in [0.25, 0.3) is 0 Å². The molecule has 0 aliphatic heterocycles. The van der Waals surface area contributed by atoms with Crippen molar-refractivity contribution in [3.05, 3.63) is 23.8 Å². The molecule has 4 N–H and O–H groups in total. The molecule has 96 valence electrons. The molecule has 0 radical (unpaired) electrons. The van der Waals surface area contributed by atoms with Gasteiger partial charge >= 0.3 is 5.97 Å². The van der Waals surface area contributed by atoms with Crippen molar-refractivity contribution in [3.63, 3.8) is 0 Å². The Morgan fingerprint density at radius 3 is 2.50 bits per heavy atom. The topological polar surface area (TPSA) is 116 Å². The number of hydrogen-bond acceptors (Lipinski definition) is 4. The molecule has 0 heterocycles. The van der Waals surface area contributed by atoms with Crippen LogP contribution >= 0.6 is 0 Å². The number of amides is 2. The largest absolute Gasteiger partial charge is 0.508 e. The Balaban J connectivity index is 2.81. The summed E-state index contributed by atoms with van der Waals surface area (Å²) in [5.74, 6) is -2.42. The van der Waals surface area contributed by atoms with Crippen LogP contribution in [0.5, 0.6) is 5.75 Å². The number of anilines is 1. The zero-order valence-corrected chi connectivity index (χ0v) is 9.56. The molecule has 2 amide bonds. The fraction of sp³-hybridized carbons (Fsp3) is 0.182. The highest BCUT2D eigenvalue weighted by atomic mass is 16.4. The van der Waals surface area contributed by atoms with Crippen LogP contribution in [-0.2, 0) is 9.59 Å². The van der Waals surface area contributed by atoms with Gasteiger partial charge in [-0.05, 0) is 18.2 Å². The molecule has 0 saturated heterocycles. The van der Waals surface area contributed by atoms with E-state index in [1.54, 1.807) is 0 Å². The van der Waals surface area contributed by atoms with Gasteiger partial charge in [-0.3, -0.25) is 9.59 Å². The van der Waals surface area contributed by atoms with Gasteiger partial charge < -0.3 is 20.8 Å². The van der Waals surface area contributed by atoms with E-state index in [0.717, 1.165) is 6.07 Å². The second kappa shape index (κ2) is 5.67. The molecular weight excluding hydrogens is 240 g/mol. The van der Waals surface area contributed by atoms with Gasteiger partial charge in [-0.15, -0.1) is 0 Å². The van der Waals surface area contributed by atoms with Crippen LogP contribution in [0.4, 0.5) is 5.69 Å². The average Bonchev–Trinajstić information content (AvgIpc) is 2.28. The SMILES string of the molecule is CC(=O)NCC(=O)Nc1ccc(O)cc1C(=O)O. The molecule has 0 fully saturated rings. The van der Waals surface area contributed by atoms with Crippen molar-refractivity contribution < 1.29 is 24.6 Å². The van der Waals surface area contributed by atoms with E-state index in [2.05, 4.69) is 10.6 Å². The first-order valence-electron chi connectivity index (χ1n) is 5.00. The summed E-state index contributed by atoms with van der Waals surface area (Å²) in [6.07, 6.45) is 0. The minimum Gasteiger partial charge on any atom is -0.508 e. The van der Waals surface area contributed by atoms with Crippen molar-refractivity contribution in [2.75, 3.05) is 11.9 Å².